The molecule has 144 valence electrons. The molecule has 0 atom stereocenters. The number of hydrogen-bond acceptors (Lipinski definition) is 5. The molecule has 0 fully saturated rings. The minimum absolute atomic E-state index is 0.0164. The lowest BCUT2D eigenvalue weighted by atomic mass is 10.1. The van der Waals surface area contributed by atoms with Crippen molar-refractivity contribution in [2.45, 2.75) is 39.5 Å². The van der Waals surface area contributed by atoms with Gasteiger partial charge in [0.2, 0.25) is 11.8 Å². The molecule has 0 saturated carbocycles. The van der Waals surface area contributed by atoms with Crippen LogP contribution in [0, 0.1) is 6.92 Å². The van der Waals surface area contributed by atoms with Crippen molar-refractivity contribution in [1.82, 2.24) is 15.0 Å². The number of nitrogens with zero attached hydrogens (tertiary/aromatic N) is 3. The normalized spacial score (nSPS) is 10.5. The first-order chi connectivity index (χ1) is 13.7. The van der Waals surface area contributed by atoms with E-state index in [2.05, 4.69) is 27.2 Å². The van der Waals surface area contributed by atoms with Gasteiger partial charge in [-0.25, -0.2) is 15.0 Å². The number of rotatable bonds is 8. The Morgan fingerprint density at radius 2 is 2.00 bits per heavy atom. The molecule has 28 heavy (non-hydrogen) atoms. The van der Waals surface area contributed by atoms with Gasteiger partial charge in [-0.1, -0.05) is 25.8 Å². The summed E-state index contributed by atoms with van der Waals surface area (Å²) in [5.74, 6) is 1.11. The smallest absolute Gasteiger partial charge is 0.228 e. The lowest BCUT2D eigenvalue weighted by Gasteiger charge is -2.13. The quantitative estimate of drug-likeness (QED) is 0.550. The summed E-state index contributed by atoms with van der Waals surface area (Å²) in [4.78, 5) is 24.7. The molecule has 3 rings (SSSR count). The molecule has 0 bridgehead atoms. The Kier molecular flexibility index (Phi) is 6.68. The van der Waals surface area contributed by atoms with Crippen molar-refractivity contribution in [2.24, 2.45) is 0 Å². The van der Waals surface area contributed by atoms with Crippen LogP contribution < -0.4 is 10.1 Å². The van der Waals surface area contributed by atoms with Crippen LogP contribution >= 0.6 is 0 Å². The van der Waals surface area contributed by atoms with Crippen LogP contribution in [0.1, 0.15) is 38.2 Å². The summed E-state index contributed by atoms with van der Waals surface area (Å²) in [6.07, 6.45) is 8.42. The van der Waals surface area contributed by atoms with Crippen LogP contribution in [-0.4, -0.2) is 20.9 Å². The van der Waals surface area contributed by atoms with Gasteiger partial charge in [-0.3, -0.25) is 4.79 Å². The summed E-state index contributed by atoms with van der Waals surface area (Å²) in [7, 11) is 0. The molecular formula is C22H24N4O2. The van der Waals surface area contributed by atoms with Crippen molar-refractivity contribution in [3.05, 3.63) is 60.7 Å². The van der Waals surface area contributed by atoms with Crippen molar-refractivity contribution in [3.63, 3.8) is 0 Å². The molecule has 6 nitrogen and oxygen atoms in total. The maximum absolute atomic E-state index is 12.1. The molecule has 0 saturated heterocycles. The van der Waals surface area contributed by atoms with E-state index >= 15 is 0 Å². The number of carbonyl (C=O) groups excluding carboxylic acids is 1. The molecule has 0 aliphatic heterocycles. The highest BCUT2D eigenvalue weighted by Crippen LogP contribution is 2.32. The Balaban J connectivity index is 1.79. The van der Waals surface area contributed by atoms with Crippen molar-refractivity contribution in [2.75, 3.05) is 5.32 Å². The number of benzene rings is 1. The number of anilines is 1. The Morgan fingerprint density at radius 1 is 1.11 bits per heavy atom. The molecule has 6 heteroatoms. The van der Waals surface area contributed by atoms with Crippen LogP contribution in [0.2, 0.25) is 0 Å². The molecule has 1 aromatic carbocycles. The molecular weight excluding hydrogens is 352 g/mol. The molecule has 2 heterocycles. The highest BCUT2D eigenvalue weighted by Gasteiger charge is 2.12. The zero-order valence-electron chi connectivity index (χ0n) is 16.2. The number of hydrogen-bond donors (Lipinski definition) is 1. The molecule has 0 radical (unpaired) electrons. The third-order valence-electron chi connectivity index (χ3n) is 4.31. The summed E-state index contributed by atoms with van der Waals surface area (Å²) in [5.41, 5.74) is 3.17. The molecule has 0 aliphatic rings. The van der Waals surface area contributed by atoms with E-state index in [0.29, 0.717) is 23.7 Å². The number of pyridine rings is 1. The fraction of sp³-hybridized carbons (Fsp3) is 0.273. The van der Waals surface area contributed by atoms with E-state index in [1.807, 2.05) is 43.3 Å². The number of aromatic nitrogens is 3. The second-order valence-electron chi connectivity index (χ2n) is 6.54. The van der Waals surface area contributed by atoms with Crippen molar-refractivity contribution in [1.29, 1.82) is 0 Å². The minimum Gasteiger partial charge on any atom is -0.438 e. The zero-order chi connectivity index (χ0) is 19.8. The van der Waals surface area contributed by atoms with Gasteiger partial charge in [0.15, 0.2) is 0 Å². The fourth-order valence-corrected chi connectivity index (χ4v) is 2.77. The van der Waals surface area contributed by atoms with Gasteiger partial charge in [0.1, 0.15) is 12.1 Å². The van der Waals surface area contributed by atoms with Crippen LogP contribution in [0.3, 0.4) is 0 Å². The number of unbranched alkanes of at least 4 members (excludes halogenated alkanes) is 2. The third-order valence-corrected chi connectivity index (χ3v) is 4.31. The number of aryl methyl sites for hydroxylation is 1. The lowest BCUT2D eigenvalue weighted by molar-refractivity contribution is -0.116. The highest BCUT2D eigenvalue weighted by atomic mass is 16.5. The topological polar surface area (TPSA) is 77.0 Å². The van der Waals surface area contributed by atoms with E-state index in [4.69, 9.17) is 4.74 Å². The monoisotopic (exact) mass is 376 g/mol. The average molecular weight is 376 g/mol. The van der Waals surface area contributed by atoms with Crippen molar-refractivity contribution in [3.8, 4) is 22.9 Å². The standard InChI is InChI=1S/C22H24N4O2/c1-3-4-5-8-21(27)26-17-10-9-16(2)20(14-17)28-22-18(7-6-12-24-22)19-11-13-23-15-25-19/h6-7,9-15H,3-5,8H2,1-2H3,(H,26,27). The SMILES string of the molecule is CCCCCC(=O)Nc1ccc(C)c(Oc2ncccc2-c2ccncn2)c1. The number of amides is 1. The van der Waals surface area contributed by atoms with Gasteiger partial charge >= 0.3 is 0 Å². The van der Waals surface area contributed by atoms with Crippen LogP contribution in [0.5, 0.6) is 11.6 Å². The van der Waals surface area contributed by atoms with E-state index in [-0.39, 0.29) is 5.91 Å². The van der Waals surface area contributed by atoms with Crippen LogP contribution in [0.15, 0.2) is 55.1 Å². The van der Waals surface area contributed by atoms with Crippen LogP contribution in [0.4, 0.5) is 5.69 Å². The lowest BCUT2D eigenvalue weighted by Crippen LogP contribution is -2.11. The van der Waals surface area contributed by atoms with Gasteiger partial charge in [0.25, 0.3) is 0 Å². The van der Waals surface area contributed by atoms with Crippen molar-refractivity contribution < 1.29 is 9.53 Å². The molecule has 0 spiro atoms. The largest absolute Gasteiger partial charge is 0.438 e. The Labute approximate surface area is 165 Å². The Hall–Kier alpha value is -3.28. The summed E-state index contributed by atoms with van der Waals surface area (Å²) in [6.45, 7) is 4.07. The molecule has 1 N–H and O–H groups in total. The van der Waals surface area contributed by atoms with E-state index in [1.54, 1.807) is 12.4 Å². The average Bonchev–Trinajstić information content (AvgIpc) is 2.72. The van der Waals surface area contributed by atoms with E-state index < -0.39 is 0 Å². The second-order valence-corrected chi connectivity index (χ2v) is 6.54. The molecule has 3 aromatic rings. The van der Waals surface area contributed by atoms with E-state index in [0.717, 1.165) is 36.1 Å². The first kappa shape index (κ1) is 19.5. The van der Waals surface area contributed by atoms with Gasteiger partial charge in [-0.15, -0.1) is 0 Å². The molecule has 0 aliphatic carbocycles. The maximum Gasteiger partial charge on any atom is 0.228 e. The van der Waals surface area contributed by atoms with Gasteiger partial charge in [0.05, 0.1) is 11.3 Å². The summed E-state index contributed by atoms with van der Waals surface area (Å²) in [5, 5.41) is 2.94. The van der Waals surface area contributed by atoms with E-state index in [1.165, 1.54) is 6.33 Å². The maximum atomic E-state index is 12.1. The van der Waals surface area contributed by atoms with Gasteiger partial charge < -0.3 is 10.1 Å². The van der Waals surface area contributed by atoms with E-state index in [9.17, 15) is 4.79 Å². The van der Waals surface area contributed by atoms with Gasteiger partial charge in [0, 0.05) is 30.6 Å². The summed E-state index contributed by atoms with van der Waals surface area (Å²) in [6, 6.07) is 11.2. The number of nitrogens with one attached hydrogen (secondary N) is 1. The van der Waals surface area contributed by atoms with Gasteiger partial charge in [-0.2, -0.15) is 0 Å². The second kappa shape index (κ2) is 9.60. The molecule has 2 aromatic heterocycles. The van der Waals surface area contributed by atoms with Crippen LogP contribution in [-0.2, 0) is 4.79 Å². The summed E-state index contributed by atoms with van der Waals surface area (Å²) < 4.78 is 6.09. The third kappa shape index (κ3) is 5.13. The Morgan fingerprint density at radius 3 is 2.79 bits per heavy atom. The van der Waals surface area contributed by atoms with Crippen LogP contribution in [0.25, 0.3) is 11.3 Å². The minimum atomic E-state index is 0.0164. The first-order valence-corrected chi connectivity index (χ1v) is 9.47. The molecule has 0 unspecified atom stereocenters. The number of ether oxygens (including phenoxy) is 1. The molecule has 1 amide bonds. The number of carbonyl (C=O) groups is 1. The van der Waals surface area contributed by atoms with Gasteiger partial charge in [-0.05, 0) is 43.2 Å². The first-order valence-electron chi connectivity index (χ1n) is 9.47. The fourth-order valence-electron chi connectivity index (χ4n) is 2.77. The predicted molar refractivity (Wildman–Crippen MR) is 109 cm³/mol. The Bertz CT molecular complexity index is 929. The highest BCUT2D eigenvalue weighted by molar-refractivity contribution is 5.91. The van der Waals surface area contributed by atoms with Crippen molar-refractivity contribution >= 4 is 11.6 Å². The predicted octanol–water partition coefficient (Wildman–Crippen LogP) is 5.16. The summed E-state index contributed by atoms with van der Waals surface area (Å²) >= 11 is 0. The zero-order valence-corrected chi connectivity index (χ0v) is 16.2.